The van der Waals surface area contributed by atoms with E-state index < -0.39 is 0 Å². The molecule has 0 bridgehead atoms. The van der Waals surface area contributed by atoms with Gasteiger partial charge >= 0.3 is 0 Å². The fourth-order valence-electron chi connectivity index (χ4n) is 3.89. The van der Waals surface area contributed by atoms with E-state index in [0.717, 1.165) is 58.5 Å². The molecular weight excluding hydrogens is 386 g/mol. The number of nitrogens with zero attached hydrogens (tertiary/aromatic N) is 1. The first-order chi connectivity index (χ1) is 15.1. The highest BCUT2D eigenvalue weighted by Crippen LogP contribution is 2.12. The predicted octanol–water partition coefficient (Wildman–Crippen LogP) is 4.71. The topological polar surface area (TPSA) is 67.8 Å². The van der Waals surface area contributed by atoms with Crippen molar-refractivity contribution >= 4 is 0 Å². The summed E-state index contributed by atoms with van der Waals surface area (Å²) in [6.07, 6.45) is 18.5. The predicted molar refractivity (Wildman–Crippen MR) is 136 cm³/mol. The second-order valence-electron chi connectivity index (χ2n) is 9.46. The van der Waals surface area contributed by atoms with Gasteiger partial charge in [0, 0.05) is 26.2 Å². The maximum Gasteiger partial charge on any atom is 0.0664 e. The normalized spacial score (nSPS) is 13.7. The summed E-state index contributed by atoms with van der Waals surface area (Å²) < 4.78 is 0. The molecule has 0 rings (SSSR count). The molecule has 0 saturated carbocycles. The van der Waals surface area contributed by atoms with Crippen molar-refractivity contribution in [3.63, 3.8) is 0 Å². The fourth-order valence-corrected chi connectivity index (χ4v) is 3.89. The molecule has 0 fully saturated rings. The summed E-state index contributed by atoms with van der Waals surface area (Å²) in [5.41, 5.74) is 0. The van der Waals surface area contributed by atoms with E-state index >= 15 is 0 Å². The van der Waals surface area contributed by atoms with Crippen molar-refractivity contribution in [3.05, 3.63) is 0 Å². The minimum absolute atomic E-state index is 0.182. The van der Waals surface area contributed by atoms with Crippen molar-refractivity contribution in [2.75, 3.05) is 46.3 Å². The monoisotopic (exact) mass is 443 g/mol. The highest BCUT2D eigenvalue weighted by atomic mass is 16.3. The first-order valence-corrected chi connectivity index (χ1v) is 13.6. The van der Waals surface area contributed by atoms with Crippen LogP contribution in [0.4, 0.5) is 0 Å². The number of hydrogen-bond acceptors (Lipinski definition) is 5. The first kappa shape index (κ1) is 30.8. The molecule has 2 unspecified atom stereocenters. The van der Waals surface area contributed by atoms with Crippen molar-refractivity contribution in [1.29, 1.82) is 0 Å². The number of aliphatic hydroxyl groups excluding tert-OH is 2. The van der Waals surface area contributed by atoms with Crippen molar-refractivity contribution in [2.45, 2.75) is 122 Å². The SMILES string of the molecule is CCCCCCCCCCCCC(O)CNCCCCCNCCN(C)CC(O)CC. The summed E-state index contributed by atoms with van der Waals surface area (Å²) in [6, 6.07) is 0. The standard InChI is InChI=1S/C26H57N3O2/c1-4-6-7-8-9-10-11-12-13-15-18-26(31)23-28-20-17-14-16-19-27-21-22-29(3)24-25(30)5-2/h25-28,30-31H,4-24H2,1-3H3. The molecule has 31 heavy (non-hydrogen) atoms. The number of hydrogen-bond donors (Lipinski definition) is 4. The third-order valence-corrected chi connectivity index (χ3v) is 6.14. The highest BCUT2D eigenvalue weighted by Gasteiger charge is 2.05. The molecule has 0 aromatic heterocycles. The Balaban J connectivity index is 3.23. The van der Waals surface area contributed by atoms with Crippen LogP contribution >= 0.6 is 0 Å². The van der Waals surface area contributed by atoms with E-state index in [2.05, 4.69) is 29.5 Å². The molecule has 0 aliphatic carbocycles. The lowest BCUT2D eigenvalue weighted by molar-refractivity contribution is 0.122. The van der Waals surface area contributed by atoms with Crippen LogP contribution in [-0.4, -0.2) is 73.6 Å². The Labute approximate surface area is 194 Å². The van der Waals surface area contributed by atoms with Crippen LogP contribution in [0.3, 0.4) is 0 Å². The van der Waals surface area contributed by atoms with Crippen LogP contribution in [0.15, 0.2) is 0 Å². The van der Waals surface area contributed by atoms with Gasteiger partial charge < -0.3 is 25.7 Å². The number of likely N-dealkylation sites (N-methyl/N-ethyl adjacent to an activating group) is 1. The molecule has 5 nitrogen and oxygen atoms in total. The molecule has 0 amide bonds. The maximum absolute atomic E-state index is 10.1. The summed E-state index contributed by atoms with van der Waals surface area (Å²) in [7, 11) is 2.07. The van der Waals surface area contributed by atoms with Gasteiger partial charge in [0.05, 0.1) is 12.2 Å². The fraction of sp³-hybridized carbons (Fsp3) is 1.00. The Hall–Kier alpha value is -0.200. The molecule has 4 N–H and O–H groups in total. The lowest BCUT2D eigenvalue weighted by atomic mass is 10.0. The van der Waals surface area contributed by atoms with Gasteiger partial charge in [-0.05, 0) is 45.8 Å². The van der Waals surface area contributed by atoms with Gasteiger partial charge in [-0.25, -0.2) is 0 Å². The molecule has 0 heterocycles. The number of rotatable bonds is 25. The largest absolute Gasteiger partial charge is 0.392 e. The van der Waals surface area contributed by atoms with Gasteiger partial charge in [-0.15, -0.1) is 0 Å². The summed E-state index contributed by atoms with van der Waals surface area (Å²) in [5, 5.41) is 26.6. The van der Waals surface area contributed by atoms with Gasteiger partial charge in [0.1, 0.15) is 0 Å². The van der Waals surface area contributed by atoms with E-state index in [-0.39, 0.29) is 12.2 Å². The van der Waals surface area contributed by atoms with Crippen molar-refractivity contribution in [1.82, 2.24) is 15.5 Å². The lowest BCUT2D eigenvalue weighted by Crippen LogP contribution is -2.34. The summed E-state index contributed by atoms with van der Waals surface area (Å²) >= 11 is 0. The Kier molecular flexibility index (Phi) is 24.3. The zero-order valence-electron chi connectivity index (χ0n) is 21.3. The Bertz CT molecular complexity index is 345. The van der Waals surface area contributed by atoms with E-state index in [9.17, 15) is 10.2 Å². The number of nitrogens with one attached hydrogen (secondary N) is 2. The molecule has 2 atom stereocenters. The summed E-state index contributed by atoms with van der Waals surface area (Å²) in [5.74, 6) is 0. The molecule has 0 spiro atoms. The van der Waals surface area contributed by atoms with Crippen LogP contribution in [0, 0.1) is 0 Å². The van der Waals surface area contributed by atoms with Gasteiger partial charge in [-0.2, -0.15) is 0 Å². The highest BCUT2D eigenvalue weighted by molar-refractivity contribution is 4.62. The number of unbranched alkanes of at least 4 members (excludes halogenated alkanes) is 11. The van der Waals surface area contributed by atoms with Crippen molar-refractivity contribution < 1.29 is 10.2 Å². The molecule has 0 aromatic carbocycles. The van der Waals surface area contributed by atoms with E-state index in [4.69, 9.17) is 0 Å². The Morgan fingerprint density at radius 3 is 1.81 bits per heavy atom. The molecule has 0 aromatic rings. The van der Waals surface area contributed by atoms with E-state index in [1.165, 1.54) is 77.0 Å². The van der Waals surface area contributed by atoms with Crippen LogP contribution < -0.4 is 10.6 Å². The van der Waals surface area contributed by atoms with Crippen molar-refractivity contribution in [2.24, 2.45) is 0 Å². The lowest BCUT2D eigenvalue weighted by Gasteiger charge is -2.19. The van der Waals surface area contributed by atoms with Crippen molar-refractivity contribution in [3.8, 4) is 0 Å². The zero-order chi connectivity index (χ0) is 23.0. The minimum atomic E-state index is -0.203. The van der Waals surface area contributed by atoms with Crippen LogP contribution in [0.5, 0.6) is 0 Å². The molecule has 0 radical (unpaired) electrons. The smallest absolute Gasteiger partial charge is 0.0664 e. The first-order valence-electron chi connectivity index (χ1n) is 13.6. The second-order valence-corrected chi connectivity index (χ2v) is 9.46. The molecule has 0 aliphatic rings. The second kappa shape index (κ2) is 24.4. The van der Waals surface area contributed by atoms with Gasteiger partial charge in [0.15, 0.2) is 0 Å². The van der Waals surface area contributed by atoms with Gasteiger partial charge in [-0.1, -0.05) is 84.5 Å². The van der Waals surface area contributed by atoms with Crippen LogP contribution in [-0.2, 0) is 0 Å². The van der Waals surface area contributed by atoms with E-state index in [1.54, 1.807) is 0 Å². The number of aliphatic hydroxyl groups is 2. The van der Waals surface area contributed by atoms with Gasteiger partial charge in [-0.3, -0.25) is 0 Å². The molecule has 5 heteroatoms. The van der Waals surface area contributed by atoms with Crippen LogP contribution in [0.2, 0.25) is 0 Å². The summed E-state index contributed by atoms with van der Waals surface area (Å²) in [6.45, 7) is 9.82. The van der Waals surface area contributed by atoms with E-state index in [0.29, 0.717) is 0 Å². The molecular formula is C26H57N3O2. The zero-order valence-corrected chi connectivity index (χ0v) is 21.3. The third kappa shape index (κ3) is 24.3. The van der Waals surface area contributed by atoms with Crippen LogP contribution in [0.1, 0.15) is 110 Å². The minimum Gasteiger partial charge on any atom is -0.392 e. The molecule has 188 valence electrons. The quantitative estimate of drug-likeness (QED) is 0.154. The average molecular weight is 444 g/mol. The van der Waals surface area contributed by atoms with E-state index in [1.807, 2.05) is 6.92 Å². The van der Waals surface area contributed by atoms with Crippen LogP contribution in [0.25, 0.3) is 0 Å². The molecule has 0 aliphatic heterocycles. The Morgan fingerprint density at radius 1 is 0.645 bits per heavy atom. The Morgan fingerprint density at radius 2 is 1.19 bits per heavy atom. The van der Waals surface area contributed by atoms with Gasteiger partial charge in [0.25, 0.3) is 0 Å². The third-order valence-electron chi connectivity index (χ3n) is 6.14. The van der Waals surface area contributed by atoms with Gasteiger partial charge in [0.2, 0.25) is 0 Å². The maximum atomic E-state index is 10.1. The summed E-state index contributed by atoms with van der Waals surface area (Å²) in [4.78, 5) is 2.19. The average Bonchev–Trinajstić information content (AvgIpc) is 2.76. The molecule has 0 saturated heterocycles.